The fraction of sp³-hybridized carbons (Fsp3) is 0.478. The number of likely N-dealkylation sites (tertiary alicyclic amines) is 2. The molecule has 2 fully saturated rings. The van der Waals surface area contributed by atoms with E-state index in [1.807, 2.05) is 23.1 Å². The number of nitrogens with zero attached hydrogens (tertiary/aromatic N) is 2. The second kappa shape index (κ2) is 8.31. The molecule has 1 aromatic heterocycles. The van der Waals surface area contributed by atoms with Gasteiger partial charge in [-0.1, -0.05) is 18.1 Å². The van der Waals surface area contributed by atoms with E-state index in [1.54, 1.807) is 25.0 Å². The number of ether oxygens (including phenoxy) is 2. The van der Waals surface area contributed by atoms with Gasteiger partial charge in [-0.2, -0.15) is 0 Å². The average Bonchev–Trinajstić information content (AvgIpc) is 3.38. The van der Waals surface area contributed by atoms with E-state index in [0.717, 1.165) is 24.6 Å². The maximum atomic E-state index is 13.0. The minimum atomic E-state index is -0.302. The average molecular weight is 410 g/mol. The first-order valence-electron chi connectivity index (χ1n) is 10.2. The number of methoxy groups -OCH3 is 1. The maximum absolute atomic E-state index is 13.0. The second-order valence-corrected chi connectivity index (χ2v) is 7.93. The van der Waals surface area contributed by atoms with E-state index in [9.17, 15) is 9.59 Å². The van der Waals surface area contributed by atoms with Crippen LogP contribution in [0.2, 0.25) is 0 Å². The number of piperidine rings is 1. The molecule has 3 heterocycles. The zero-order chi connectivity index (χ0) is 21.1. The number of amides is 2. The Morgan fingerprint density at radius 2 is 1.90 bits per heavy atom. The third kappa shape index (κ3) is 3.82. The number of carbonyl (C=O) groups excluding carboxylic acids is 2. The Kier molecular flexibility index (Phi) is 5.58. The number of carbonyl (C=O) groups is 2. The standard InChI is InChI=1S/C23H26N2O5/c1-3-4-14-29-22(27)25-13-10-23(16-25)8-11-24(12-9-23)21(26)19-15-17-6-5-7-18(28-2)20(17)30-19/h5-7,15H,8-14,16H2,1-2H3. The van der Waals surface area contributed by atoms with Crippen LogP contribution in [0.4, 0.5) is 4.79 Å². The SMILES string of the molecule is CC#CCOC(=O)N1CCC2(CCN(C(=O)c3cc4cccc(OC)c4o3)CC2)C1. The molecule has 2 aromatic rings. The van der Waals surface area contributed by atoms with Crippen molar-refractivity contribution in [3.05, 3.63) is 30.0 Å². The summed E-state index contributed by atoms with van der Waals surface area (Å²) in [5.74, 6) is 6.31. The van der Waals surface area contributed by atoms with E-state index in [-0.39, 0.29) is 24.0 Å². The van der Waals surface area contributed by atoms with Crippen molar-refractivity contribution in [3.8, 4) is 17.6 Å². The Morgan fingerprint density at radius 3 is 2.60 bits per heavy atom. The van der Waals surface area contributed by atoms with Crippen LogP contribution in [-0.4, -0.2) is 61.7 Å². The smallest absolute Gasteiger partial charge is 0.410 e. The quantitative estimate of drug-likeness (QED) is 0.724. The summed E-state index contributed by atoms with van der Waals surface area (Å²) in [6.45, 7) is 4.51. The van der Waals surface area contributed by atoms with Crippen LogP contribution in [0.15, 0.2) is 28.7 Å². The van der Waals surface area contributed by atoms with Crippen molar-refractivity contribution in [2.75, 3.05) is 39.9 Å². The van der Waals surface area contributed by atoms with Gasteiger partial charge in [0.15, 0.2) is 23.7 Å². The van der Waals surface area contributed by atoms with Crippen LogP contribution in [0.1, 0.15) is 36.7 Å². The molecule has 30 heavy (non-hydrogen) atoms. The lowest BCUT2D eigenvalue weighted by molar-refractivity contribution is 0.0552. The zero-order valence-electron chi connectivity index (χ0n) is 17.4. The fourth-order valence-electron chi connectivity index (χ4n) is 4.40. The number of fused-ring (bicyclic) bond motifs is 1. The minimum Gasteiger partial charge on any atom is -0.493 e. The molecule has 2 amide bonds. The highest BCUT2D eigenvalue weighted by Crippen LogP contribution is 2.41. The minimum absolute atomic E-state index is 0.0589. The van der Waals surface area contributed by atoms with E-state index in [0.29, 0.717) is 43.3 Å². The Balaban J connectivity index is 1.37. The van der Waals surface area contributed by atoms with Crippen molar-refractivity contribution >= 4 is 23.0 Å². The van der Waals surface area contributed by atoms with Crippen LogP contribution in [0.5, 0.6) is 5.75 Å². The molecule has 2 saturated heterocycles. The molecule has 2 aliphatic heterocycles. The molecule has 4 rings (SSSR count). The molecule has 0 radical (unpaired) electrons. The summed E-state index contributed by atoms with van der Waals surface area (Å²) in [4.78, 5) is 28.8. The molecular formula is C23H26N2O5. The lowest BCUT2D eigenvalue weighted by atomic mass is 9.78. The van der Waals surface area contributed by atoms with Crippen LogP contribution < -0.4 is 4.74 Å². The van der Waals surface area contributed by atoms with Crippen molar-refractivity contribution in [1.82, 2.24) is 9.80 Å². The van der Waals surface area contributed by atoms with Gasteiger partial charge in [0.1, 0.15) is 0 Å². The van der Waals surface area contributed by atoms with Crippen LogP contribution >= 0.6 is 0 Å². The predicted molar refractivity (Wildman–Crippen MR) is 111 cm³/mol. The van der Waals surface area contributed by atoms with Crippen molar-refractivity contribution in [1.29, 1.82) is 0 Å². The monoisotopic (exact) mass is 410 g/mol. The molecular weight excluding hydrogens is 384 g/mol. The molecule has 0 bridgehead atoms. The molecule has 7 nitrogen and oxygen atoms in total. The molecule has 1 aromatic carbocycles. The van der Waals surface area contributed by atoms with Gasteiger partial charge in [-0.15, -0.1) is 5.92 Å². The lowest BCUT2D eigenvalue weighted by Crippen LogP contribution is -2.44. The number of benzene rings is 1. The van der Waals surface area contributed by atoms with Gasteiger partial charge in [0, 0.05) is 31.6 Å². The Morgan fingerprint density at radius 1 is 1.17 bits per heavy atom. The first-order valence-corrected chi connectivity index (χ1v) is 10.2. The van der Waals surface area contributed by atoms with Crippen LogP contribution in [0, 0.1) is 17.3 Å². The number of para-hydroxylation sites is 1. The Labute approximate surface area is 175 Å². The molecule has 1 spiro atoms. The molecule has 0 saturated carbocycles. The van der Waals surface area contributed by atoms with Crippen LogP contribution in [0.3, 0.4) is 0 Å². The summed E-state index contributed by atoms with van der Waals surface area (Å²) in [5, 5.41) is 0.851. The number of hydrogen-bond donors (Lipinski definition) is 0. The summed E-state index contributed by atoms with van der Waals surface area (Å²) >= 11 is 0. The Bertz CT molecular complexity index is 1010. The number of furan rings is 1. The van der Waals surface area contributed by atoms with Crippen molar-refractivity contribution < 1.29 is 23.5 Å². The lowest BCUT2D eigenvalue weighted by Gasteiger charge is -2.38. The normalized spacial score (nSPS) is 17.7. The number of rotatable bonds is 3. The highest BCUT2D eigenvalue weighted by molar-refractivity contribution is 5.97. The molecule has 0 unspecified atom stereocenters. The third-order valence-electron chi connectivity index (χ3n) is 6.19. The van der Waals surface area contributed by atoms with Gasteiger partial charge in [0.2, 0.25) is 0 Å². The van der Waals surface area contributed by atoms with E-state index >= 15 is 0 Å². The molecule has 7 heteroatoms. The van der Waals surface area contributed by atoms with Crippen molar-refractivity contribution in [3.63, 3.8) is 0 Å². The van der Waals surface area contributed by atoms with Gasteiger partial charge in [-0.25, -0.2) is 4.79 Å². The van der Waals surface area contributed by atoms with E-state index in [1.165, 1.54) is 0 Å². The van der Waals surface area contributed by atoms with Crippen LogP contribution in [-0.2, 0) is 4.74 Å². The van der Waals surface area contributed by atoms with E-state index in [4.69, 9.17) is 13.9 Å². The highest BCUT2D eigenvalue weighted by atomic mass is 16.6. The number of hydrogen-bond acceptors (Lipinski definition) is 5. The Hall–Kier alpha value is -3.14. The van der Waals surface area contributed by atoms with Gasteiger partial charge < -0.3 is 23.7 Å². The predicted octanol–water partition coefficient (Wildman–Crippen LogP) is 3.53. The summed E-state index contributed by atoms with van der Waals surface area (Å²) in [5.41, 5.74) is 0.651. The topological polar surface area (TPSA) is 72.2 Å². The third-order valence-corrected chi connectivity index (χ3v) is 6.19. The van der Waals surface area contributed by atoms with Crippen LogP contribution in [0.25, 0.3) is 11.0 Å². The molecule has 158 valence electrons. The first kappa shape index (κ1) is 20.1. The van der Waals surface area contributed by atoms with Gasteiger partial charge >= 0.3 is 6.09 Å². The maximum Gasteiger partial charge on any atom is 0.410 e. The van der Waals surface area contributed by atoms with Gasteiger partial charge in [-0.3, -0.25) is 4.79 Å². The summed E-state index contributed by atoms with van der Waals surface area (Å²) in [6, 6.07) is 7.37. The van der Waals surface area contributed by atoms with Gasteiger partial charge in [-0.05, 0) is 43.7 Å². The van der Waals surface area contributed by atoms with E-state index in [2.05, 4.69) is 11.8 Å². The first-order chi connectivity index (χ1) is 14.5. The summed E-state index contributed by atoms with van der Waals surface area (Å²) < 4.78 is 16.3. The van der Waals surface area contributed by atoms with Gasteiger partial charge in [0.25, 0.3) is 5.91 Å². The van der Waals surface area contributed by atoms with Crippen molar-refractivity contribution in [2.24, 2.45) is 5.41 Å². The second-order valence-electron chi connectivity index (χ2n) is 7.93. The van der Waals surface area contributed by atoms with Gasteiger partial charge in [0.05, 0.1) is 7.11 Å². The largest absolute Gasteiger partial charge is 0.493 e. The molecule has 0 atom stereocenters. The molecule has 0 N–H and O–H groups in total. The summed E-state index contributed by atoms with van der Waals surface area (Å²) in [6.07, 6.45) is 2.36. The zero-order valence-corrected chi connectivity index (χ0v) is 17.4. The molecule has 0 aliphatic carbocycles. The summed E-state index contributed by atoms with van der Waals surface area (Å²) in [7, 11) is 1.58. The highest BCUT2D eigenvalue weighted by Gasteiger charge is 2.43. The van der Waals surface area contributed by atoms with Crippen molar-refractivity contribution in [2.45, 2.75) is 26.2 Å². The van der Waals surface area contributed by atoms with E-state index < -0.39 is 0 Å². The fourth-order valence-corrected chi connectivity index (χ4v) is 4.40. The molecule has 2 aliphatic rings.